The van der Waals surface area contributed by atoms with Crippen molar-refractivity contribution in [2.24, 2.45) is 0 Å². The molecule has 1 amide bonds. The van der Waals surface area contributed by atoms with Gasteiger partial charge in [-0.15, -0.1) is 5.10 Å². The van der Waals surface area contributed by atoms with Crippen LogP contribution in [0.25, 0.3) is 0 Å². The Morgan fingerprint density at radius 1 is 1.47 bits per heavy atom. The quantitative estimate of drug-likeness (QED) is 0.877. The van der Waals surface area contributed by atoms with Crippen LogP contribution in [0.5, 0.6) is 0 Å². The lowest BCUT2D eigenvalue weighted by atomic mass is 10.2. The first-order valence-corrected chi connectivity index (χ1v) is 6.89. The number of hydrogen-bond acceptors (Lipinski definition) is 6. The summed E-state index contributed by atoms with van der Waals surface area (Å²) in [6, 6.07) is 1.62. The molecule has 0 atom stereocenters. The number of rotatable bonds is 4. The highest BCUT2D eigenvalue weighted by Crippen LogP contribution is 2.15. The monoisotopic (exact) mass is 297 g/mol. The lowest BCUT2D eigenvalue weighted by molar-refractivity contribution is 0.102. The van der Waals surface area contributed by atoms with Gasteiger partial charge in [-0.2, -0.15) is 0 Å². The molecular weight excluding hydrogens is 286 g/mol. The van der Waals surface area contributed by atoms with Gasteiger partial charge < -0.3 is 0 Å². The maximum absolute atomic E-state index is 12.1. The molecule has 0 fully saturated rings. The van der Waals surface area contributed by atoms with E-state index in [0.717, 1.165) is 18.0 Å². The van der Waals surface area contributed by atoms with Gasteiger partial charge in [0.15, 0.2) is 0 Å². The van der Waals surface area contributed by atoms with Gasteiger partial charge in [0.25, 0.3) is 5.91 Å². The normalized spacial score (nSPS) is 10.5. The van der Waals surface area contributed by atoms with E-state index in [-0.39, 0.29) is 11.9 Å². The van der Waals surface area contributed by atoms with Crippen molar-refractivity contribution in [3.8, 4) is 0 Å². The Morgan fingerprint density at radius 2 is 2.26 bits per heavy atom. The van der Waals surface area contributed by atoms with Gasteiger partial charge in [0.1, 0.15) is 10.0 Å². The van der Waals surface area contributed by atoms with Crippen molar-refractivity contribution >= 4 is 35.0 Å². The standard InChI is InChI=1S/C11H12ClN5OS/c1-3-4-7-9(19-17-16-7)10(18)15-11-13-6(2)5-8(12)14-11/h5H,3-4H2,1-2H3,(H,13,14,15,18). The zero-order valence-corrected chi connectivity index (χ0v) is 12.0. The predicted molar refractivity (Wildman–Crippen MR) is 73.6 cm³/mol. The van der Waals surface area contributed by atoms with Crippen molar-refractivity contribution in [3.05, 3.63) is 27.5 Å². The number of carbonyl (C=O) groups is 1. The number of aromatic nitrogens is 4. The van der Waals surface area contributed by atoms with Crippen LogP contribution in [0.4, 0.5) is 5.95 Å². The fourth-order valence-corrected chi connectivity index (χ4v) is 2.37. The van der Waals surface area contributed by atoms with E-state index < -0.39 is 0 Å². The van der Waals surface area contributed by atoms with Gasteiger partial charge in [0, 0.05) is 5.69 Å². The van der Waals surface area contributed by atoms with Gasteiger partial charge in [-0.05, 0) is 30.9 Å². The van der Waals surface area contributed by atoms with Crippen LogP contribution < -0.4 is 5.32 Å². The van der Waals surface area contributed by atoms with E-state index in [1.807, 2.05) is 6.92 Å². The number of hydrogen-bond donors (Lipinski definition) is 1. The van der Waals surface area contributed by atoms with E-state index in [1.54, 1.807) is 13.0 Å². The molecule has 0 spiro atoms. The third-order valence-corrected chi connectivity index (χ3v) is 3.26. The molecule has 100 valence electrons. The Labute approximate surface area is 119 Å². The van der Waals surface area contributed by atoms with Crippen LogP contribution in [0.2, 0.25) is 5.15 Å². The first-order chi connectivity index (χ1) is 9.10. The van der Waals surface area contributed by atoms with Crippen molar-refractivity contribution in [2.75, 3.05) is 5.32 Å². The molecule has 2 aromatic heterocycles. The molecule has 0 aliphatic heterocycles. The predicted octanol–water partition coefficient (Wildman–Crippen LogP) is 2.49. The minimum absolute atomic E-state index is 0.186. The second-order valence-electron chi connectivity index (χ2n) is 3.91. The van der Waals surface area contributed by atoms with Crippen LogP contribution in [0.15, 0.2) is 6.07 Å². The zero-order chi connectivity index (χ0) is 13.8. The molecule has 6 nitrogen and oxygen atoms in total. The SMILES string of the molecule is CCCc1nnsc1C(=O)Nc1nc(C)cc(Cl)n1. The fourth-order valence-electron chi connectivity index (χ4n) is 1.53. The van der Waals surface area contributed by atoms with Crippen LogP contribution in [-0.2, 0) is 6.42 Å². The summed E-state index contributed by atoms with van der Waals surface area (Å²) in [7, 11) is 0. The zero-order valence-electron chi connectivity index (χ0n) is 10.5. The molecule has 0 aromatic carbocycles. The van der Waals surface area contributed by atoms with Gasteiger partial charge in [-0.1, -0.05) is 29.4 Å². The van der Waals surface area contributed by atoms with Gasteiger partial charge in [-0.25, -0.2) is 9.97 Å². The van der Waals surface area contributed by atoms with Crippen molar-refractivity contribution in [1.29, 1.82) is 0 Å². The highest BCUT2D eigenvalue weighted by atomic mass is 35.5. The summed E-state index contributed by atoms with van der Waals surface area (Å²) in [6.07, 6.45) is 1.62. The second kappa shape index (κ2) is 6.03. The van der Waals surface area contributed by atoms with Crippen LogP contribution in [0.3, 0.4) is 0 Å². The largest absolute Gasteiger partial charge is 0.290 e. The number of aryl methyl sites for hydroxylation is 2. The molecule has 0 aliphatic carbocycles. The molecule has 0 unspecified atom stereocenters. The summed E-state index contributed by atoms with van der Waals surface area (Å²) in [5, 5.41) is 6.84. The summed E-state index contributed by atoms with van der Waals surface area (Å²) in [4.78, 5) is 20.6. The van der Waals surface area contributed by atoms with Crippen molar-refractivity contribution in [2.45, 2.75) is 26.7 Å². The molecular formula is C11H12ClN5OS. The third-order valence-electron chi connectivity index (χ3n) is 2.30. The molecule has 2 rings (SSSR count). The highest BCUT2D eigenvalue weighted by molar-refractivity contribution is 7.08. The minimum Gasteiger partial charge on any atom is -0.290 e. The third kappa shape index (κ3) is 3.45. The molecule has 1 N–H and O–H groups in total. The van der Waals surface area contributed by atoms with Gasteiger partial charge >= 0.3 is 0 Å². The molecule has 0 bridgehead atoms. The summed E-state index contributed by atoms with van der Waals surface area (Å²) in [5.74, 6) is -0.119. The van der Waals surface area contributed by atoms with E-state index in [0.29, 0.717) is 27.8 Å². The average Bonchev–Trinajstić information content (AvgIpc) is 2.76. The maximum Gasteiger partial charge on any atom is 0.271 e. The van der Waals surface area contributed by atoms with Crippen LogP contribution in [0.1, 0.15) is 34.4 Å². The van der Waals surface area contributed by atoms with Gasteiger partial charge in [-0.3, -0.25) is 10.1 Å². The molecule has 8 heteroatoms. The Bertz CT molecular complexity index is 580. The van der Waals surface area contributed by atoms with Gasteiger partial charge in [0.2, 0.25) is 5.95 Å². The molecule has 0 saturated heterocycles. The number of nitrogens with one attached hydrogen (secondary N) is 1. The molecule has 0 radical (unpaired) electrons. The smallest absolute Gasteiger partial charge is 0.271 e. The number of halogens is 1. The Balaban J connectivity index is 2.18. The lowest BCUT2D eigenvalue weighted by Gasteiger charge is -2.04. The number of amides is 1. The van der Waals surface area contributed by atoms with E-state index in [4.69, 9.17) is 11.6 Å². The van der Waals surface area contributed by atoms with Crippen LogP contribution in [0, 0.1) is 6.92 Å². The lowest BCUT2D eigenvalue weighted by Crippen LogP contribution is -2.15. The maximum atomic E-state index is 12.1. The fraction of sp³-hybridized carbons (Fsp3) is 0.364. The summed E-state index contributed by atoms with van der Waals surface area (Å²) in [5.41, 5.74) is 1.38. The average molecular weight is 298 g/mol. The molecule has 2 aromatic rings. The summed E-state index contributed by atoms with van der Waals surface area (Å²) >= 11 is 6.88. The van der Waals surface area contributed by atoms with E-state index >= 15 is 0 Å². The molecule has 0 saturated carbocycles. The number of anilines is 1. The van der Waals surface area contributed by atoms with E-state index in [9.17, 15) is 4.79 Å². The van der Waals surface area contributed by atoms with E-state index in [1.165, 1.54) is 0 Å². The molecule has 2 heterocycles. The Hall–Kier alpha value is -1.60. The summed E-state index contributed by atoms with van der Waals surface area (Å²) < 4.78 is 3.80. The number of nitrogens with zero attached hydrogens (tertiary/aromatic N) is 4. The van der Waals surface area contributed by atoms with Crippen LogP contribution >= 0.6 is 23.1 Å². The summed E-state index contributed by atoms with van der Waals surface area (Å²) in [6.45, 7) is 3.80. The Morgan fingerprint density at radius 3 is 2.95 bits per heavy atom. The van der Waals surface area contributed by atoms with Crippen molar-refractivity contribution in [3.63, 3.8) is 0 Å². The molecule has 0 aliphatic rings. The topological polar surface area (TPSA) is 80.7 Å². The highest BCUT2D eigenvalue weighted by Gasteiger charge is 2.17. The second-order valence-corrected chi connectivity index (χ2v) is 5.05. The van der Waals surface area contributed by atoms with Crippen LogP contribution in [-0.4, -0.2) is 25.5 Å². The minimum atomic E-state index is -0.305. The molecule has 19 heavy (non-hydrogen) atoms. The van der Waals surface area contributed by atoms with Crippen molar-refractivity contribution < 1.29 is 4.79 Å². The van der Waals surface area contributed by atoms with Crippen molar-refractivity contribution in [1.82, 2.24) is 19.6 Å². The Kier molecular flexibility index (Phi) is 4.39. The van der Waals surface area contributed by atoms with E-state index in [2.05, 4.69) is 24.9 Å². The van der Waals surface area contributed by atoms with Gasteiger partial charge in [0.05, 0.1) is 5.69 Å². The first-order valence-electron chi connectivity index (χ1n) is 5.74. The number of carbonyl (C=O) groups excluding carboxylic acids is 1. The first kappa shape index (κ1) is 13.8.